The Morgan fingerprint density at radius 2 is 1.90 bits per heavy atom. The molecular formula is C22H24ClN3O3S. The molecule has 8 heteroatoms. The molecule has 158 valence electrons. The SMILES string of the molecule is CC(C(=O)NCc1cccc(Cl)c1)n1ccc2cc(S(=O)(=O)N3CCCC3)ccc21. The number of nitrogens with zero attached hydrogens (tertiary/aromatic N) is 2. The fourth-order valence-electron chi connectivity index (χ4n) is 3.83. The Hall–Kier alpha value is -2.35. The smallest absolute Gasteiger partial charge is 0.243 e. The molecule has 4 rings (SSSR count). The van der Waals surface area contributed by atoms with Gasteiger partial charge in [-0.3, -0.25) is 4.79 Å². The summed E-state index contributed by atoms with van der Waals surface area (Å²) in [6.07, 6.45) is 3.62. The molecule has 2 heterocycles. The standard InChI is InChI=1S/C22H24ClN3O3S/c1-16(22(27)24-15-17-5-4-6-19(23)13-17)26-12-9-18-14-20(7-8-21(18)26)30(28,29)25-10-2-3-11-25/h4-9,12-14,16H,2-3,10-11,15H2,1H3,(H,24,27). The summed E-state index contributed by atoms with van der Waals surface area (Å²) in [6.45, 7) is 3.36. The monoisotopic (exact) mass is 445 g/mol. The van der Waals surface area contributed by atoms with Gasteiger partial charge in [-0.2, -0.15) is 4.31 Å². The maximum Gasteiger partial charge on any atom is 0.243 e. The Morgan fingerprint density at radius 1 is 1.13 bits per heavy atom. The van der Waals surface area contributed by atoms with Crippen LogP contribution in [0.15, 0.2) is 59.6 Å². The molecule has 1 N–H and O–H groups in total. The molecule has 1 unspecified atom stereocenters. The minimum absolute atomic E-state index is 0.124. The van der Waals surface area contributed by atoms with Crippen LogP contribution in [0, 0.1) is 0 Å². The zero-order valence-corrected chi connectivity index (χ0v) is 18.3. The van der Waals surface area contributed by atoms with Crippen molar-refractivity contribution >= 4 is 38.4 Å². The third kappa shape index (κ3) is 4.10. The van der Waals surface area contributed by atoms with Gasteiger partial charge in [0.15, 0.2) is 0 Å². The lowest BCUT2D eigenvalue weighted by molar-refractivity contribution is -0.123. The third-order valence-electron chi connectivity index (χ3n) is 5.55. The van der Waals surface area contributed by atoms with Crippen molar-refractivity contribution in [2.45, 2.75) is 37.2 Å². The van der Waals surface area contributed by atoms with Crippen LogP contribution in [0.2, 0.25) is 5.02 Å². The number of nitrogens with one attached hydrogen (secondary N) is 1. The van der Waals surface area contributed by atoms with E-state index in [1.807, 2.05) is 42.0 Å². The summed E-state index contributed by atoms with van der Waals surface area (Å²) in [7, 11) is -3.47. The van der Waals surface area contributed by atoms with Crippen LogP contribution in [-0.4, -0.2) is 36.3 Å². The molecule has 0 aliphatic carbocycles. The van der Waals surface area contributed by atoms with Crippen molar-refractivity contribution in [2.75, 3.05) is 13.1 Å². The first kappa shape index (κ1) is 20.9. The average Bonchev–Trinajstić information content (AvgIpc) is 3.41. The van der Waals surface area contributed by atoms with Crippen molar-refractivity contribution in [1.82, 2.24) is 14.2 Å². The van der Waals surface area contributed by atoms with Crippen LogP contribution in [0.25, 0.3) is 10.9 Å². The number of carbonyl (C=O) groups is 1. The molecule has 1 saturated heterocycles. The maximum atomic E-state index is 12.8. The average molecular weight is 446 g/mol. The Bertz CT molecular complexity index is 1180. The molecule has 2 aromatic carbocycles. The van der Waals surface area contributed by atoms with Crippen molar-refractivity contribution in [3.05, 3.63) is 65.3 Å². The highest BCUT2D eigenvalue weighted by molar-refractivity contribution is 7.89. The summed E-state index contributed by atoms with van der Waals surface area (Å²) in [6, 6.07) is 13.9. The molecule has 30 heavy (non-hydrogen) atoms. The summed E-state index contributed by atoms with van der Waals surface area (Å²) in [5, 5.41) is 4.36. The minimum Gasteiger partial charge on any atom is -0.350 e. The van der Waals surface area contributed by atoms with E-state index >= 15 is 0 Å². The number of halogens is 1. The van der Waals surface area contributed by atoms with Crippen molar-refractivity contribution < 1.29 is 13.2 Å². The number of hydrogen-bond acceptors (Lipinski definition) is 3. The van der Waals surface area contributed by atoms with E-state index in [2.05, 4.69) is 5.32 Å². The molecule has 1 aliphatic heterocycles. The van der Waals surface area contributed by atoms with E-state index in [1.165, 1.54) is 4.31 Å². The van der Waals surface area contributed by atoms with Crippen LogP contribution in [0.4, 0.5) is 0 Å². The van der Waals surface area contributed by atoms with E-state index in [1.54, 1.807) is 24.3 Å². The van der Waals surface area contributed by atoms with Crippen molar-refractivity contribution in [2.24, 2.45) is 0 Å². The number of aromatic nitrogens is 1. The summed E-state index contributed by atoms with van der Waals surface area (Å²) in [4.78, 5) is 13.0. The third-order valence-corrected chi connectivity index (χ3v) is 7.68. The first-order valence-electron chi connectivity index (χ1n) is 9.99. The van der Waals surface area contributed by atoms with Gasteiger partial charge in [-0.15, -0.1) is 0 Å². The number of amides is 1. The van der Waals surface area contributed by atoms with Crippen LogP contribution in [-0.2, 0) is 21.4 Å². The highest BCUT2D eigenvalue weighted by atomic mass is 35.5. The van der Waals surface area contributed by atoms with Crippen LogP contribution in [0.1, 0.15) is 31.4 Å². The van der Waals surface area contributed by atoms with Gasteiger partial charge in [0.2, 0.25) is 15.9 Å². The van der Waals surface area contributed by atoms with Crippen molar-refractivity contribution in [3.63, 3.8) is 0 Å². The maximum absolute atomic E-state index is 12.8. The van der Waals surface area contributed by atoms with Crippen LogP contribution in [0.5, 0.6) is 0 Å². The Balaban J connectivity index is 1.52. The quantitative estimate of drug-likeness (QED) is 0.624. The lowest BCUT2D eigenvalue weighted by atomic mass is 10.2. The number of benzene rings is 2. The highest BCUT2D eigenvalue weighted by Gasteiger charge is 2.27. The molecule has 6 nitrogen and oxygen atoms in total. The lowest BCUT2D eigenvalue weighted by Crippen LogP contribution is -2.30. The Kier molecular flexibility index (Phi) is 5.86. The Morgan fingerprint density at radius 3 is 2.63 bits per heavy atom. The lowest BCUT2D eigenvalue weighted by Gasteiger charge is -2.17. The summed E-state index contributed by atoms with van der Waals surface area (Å²) in [5.74, 6) is -0.124. The molecule has 0 bridgehead atoms. The minimum atomic E-state index is -3.47. The molecule has 1 aliphatic rings. The van der Waals surface area contributed by atoms with Gasteiger partial charge in [0.25, 0.3) is 0 Å². The second-order valence-corrected chi connectivity index (χ2v) is 9.95. The second kappa shape index (κ2) is 8.41. The van der Waals surface area contributed by atoms with E-state index in [9.17, 15) is 13.2 Å². The first-order chi connectivity index (χ1) is 14.4. The molecule has 1 amide bonds. The molecular weight excluding hydrogens is 422 g/mol. The summed E-state index contributed by atoms with van der Waals surface area (Å²) in [5.41, 5.74) is 1.75. The first-order valence-corrected chi connectivity index (χ1v) is 11.8. The summed E-state index contributed by atoms with van der Waals surface area (Å²) < 4.78 is 29.0. The zero-order chi connectivity index (χ0) is 21.3. The van der Waals surface area contributed by atoms with E-state index in [0.29, 0.717) is 29.6 Å². The Labute approximate surface area is 181 Å². The molecule has 0 saturated carbocycles. The number of fused-ring (bicyclic) bond motifs is 1. The van der Waals surface area contributed by atoms with E-state index in [-0.39, 0.29) is 5.91 Å². The number of carbonyl (C=O) groups excluding carboxylic acids is 1. The normalized spacial score (nSPS) is 16.1. The molecule has 1 fully saturated rings. The van der Waals surface area contributed by atoms with E-state index in [4.69, 9.17) is 11.6 Å². The van der Waals surface area contributed by atoms with Gasteiger partial charge in [-0.05, 0) is 61.7 Å². The van der Waals surface area contributed by atoms with Crippen LogP contribution < -0.4 is 5.32 Å². The molecule has 1 aromatic heterocycles. The molecule has 0 spiro atoms. The number of rotatable bonds is 6. The zero-order valence-electron chi connectivity index (χ0n) is 16.7. The van der Waals surface area contributed by atoms with Crippen molar-refractivity contribution in [3.8, 4) is 0 Å². The predicted molar refractivity (Wildman–Crippen MR) is 118 cm³/mol. The highest BCUT2D eigenvalue weighted by Crippen LogP contribution is 2.27. The van der Waals surface area contributed by atoms with Crippen LogP contribution >= 0.6 is 11.6 Å². The number of sulfonamides is 1. The van der Waals surface area contributed by atoms with Gasteiger partial charge in [0.1, 0.15) is 6.04 Å². The molecule has 0 radical (unpaired) electrons. The van der Waals surface area contributed by atoms with Gasteiger partial charge >= 0.3 is 0 Å². The van der Waals surface area contributed by atoms with Gasteiger partial charge < -0.3 is 9.88 Å². The van der Waals surface area contributed by atoms with E-state index < -0.39 is 16.1 Å². The number of hydrogen-bond donors (Lipinski definition) is 1. The van der Waals surface area contributed by atoms with Crippen LogP contribution in [0.3, 0.4) is 0 Å². The van der Waals surface area contributed by atoms with E-state index in [0.717, 1.165) is 29.3 Å². The molecule has 3 aromatic rings. The van der Waals surface area contributed by atoms with Gasteiger partial charge in [-0.25, -0.2) is 8.42 Å². The molecule has 1 atom stereocenters. The topological polar surface area (TPSA) is 71.4 Å². The van der Waals surface area contributed by atoms with Crippen molar-refractivity contribution in [1.29, 1.82) is 0 Å². The fourth-order valence-corrected chi connectivity index (χ4v) is 5.59. The largest absolute Gasteiger partial charge is 0.350 e. The van der Waals surface area contributed by atoms with Gasteiger partial charge in [0, 0.05) is 41.8 Å². The van der Waals surface area contributed by atoms with Gasteiger partial charge in [0.05, 0.1) is 4.90 Å². The second-order valence-electron chi connectivity index (χ2n) is 7.58. The van der Waals surface area contributed by atoms with Gasteiger partial charge in [-0.1, -0.05) is 23.7 Å². The summed E-state index contributed by atoms with van der Waals surface area (Å²) >= 11 is 5.99. The fraction of sp³-hybridized carbons (Fsp3) is 0.318. The predicted octanol–water partition coefficient (Wildman–Crippen LogP) is 3.96.